The monoisotopic (exact) mass is 407 g/mol. The molecule has 0 unspecified atom stereocenters. The van der Waals surface area contributed by atoms with Gasteiger partial charge in [0.2, 0.25) is 0 Å². The van der Waals surface area contributed by atoms with Crippen LogP contribution in [0.5, 0.6) is 5.75 Å². The van der Waals surface area contributed by atoms with Crippen molar-refractivity contribution in [1.82, 2.24) is 4.57 Å². The van der Waals surface area contributed by atoms with Gasteiger partial charge in [0.15, 0.2) is 0 Å². The van der Waals surface area contributed by atoms with E-state index in [1.165, 1.54) is 25.7 Å². The Balaban J connectivity index is 1.65. The van der Waals surface area contributed by atoms with Crippen LogP contribution in [0, 0.1) is 5.92 Å². The SMILES string of the molecule is O=C(O)CCc1ccc(OCC2CCCC2)c(-c2ccc3c(ccn3CCO)c2)c1. The Bertz CT molecular complexity index is 1020. The smallest absolute Gasteiger partial charge is 0.303 e. The van der Waals surface area contributed by atoms with Gasteiger partial charge >= 0.3 is 5.97 Å². The molecule has 0 aliphatic heterocycles. The summed E-state index contributed by atoms with van der Waals surface area (Å²) in [4.78, 5) is 11.0. The first-order valence-electron chi connectivity index (χ1n) is 10.8. The van der Waals surface area contributed by atoms with Crippen molar-refractivity contribution in [2.24, 2.45) is 5.92 Å². The number of aromatic nitrogens is 1. The van der Waals surface area contributed by atoms with E-state index in [-0.39, 0.29) is 13.0 Å². The molecule has 0 atom stereocenters. The number of fused-ring (bicyclic) bond motifs is 1. The Labute approximate surface area is 176 Å². The van der Waals surface area contributed by atoms with Crippen molar-refractivity contribution < 1.29 is 19.7 Å². The molecule has 5 nitrogen and oxygen atoms in total. The number of aliphatic carboxylic acids is 1. The maximum atomic E-state index is 11.0. The van der Waals surface area contributed by atoms with Gasteiger partial charge in [0.25, 0.3) is 0 Å². The summed E-state index contributed by atoms with van der Waals surface area (Å²) in [5.41, 5.74) is 4.15. The minimum atomic E-state index is -0.787. The standard InChI is InChI=1S/C25H29NO4/c27-14-13-26-12-11-21-16-20(7-8-23(21)26)22-15-18(6-10-25(28)29)5-9-24(22)30-17-19-3-1-2-4-19/h5,7-9,11-12,15-16,19,27H,1-4,6,10,13-14,17H2,(H,28,29). The molecule has 1 saturated carbocycles. The number of hydrogen-bond acceptors (Lipinski definition) is 3. The summed E-state index contributed by atoms with van der Waals surface area (Å²) >= 11 is 0. The lowest BCUT2D eigenvalue weighted by Gasteiger charge is -2.16. The summed E-state index contributed by atoms with van der Waals surface area (Å²) in [6.45, 7) is 1.41. The van der Waals surface area contributed by atoms with Crippen LogP contribution in [-0.4, -0.2) is 34.0 Å². The van der Waals surface area contributed by atoms with Gasteiger partial charge in [-0.05, 0) is 66.6 Å². The minimum Gasteiger partial charge on any atom is -0.493 e. The Hall–Kier alpha value is -2.79. The van der Waals surface area contributed by atoms with Gasteiger partial charge in [0.1, 0.15) is 5.75 Å². The topological polar surface area (TPSA) is 71.7 Å². The third-order valence-corrected chi connectivity index (χ3v) is 6.04. The van der Waals surface area contributed by atoms with Gasteiger partial charge in [-0.1, -0.05) is 25.0 Å². The summed E-state index contributed by atoms with van der Waals surface area (Å²) < 4.78 is 8.30. The van der Waals surface area contributed by atoms with E-state index in [1.54, 1.807) is 0 Å². The largest absolute Gasteiger partial charge is 0.493 e. The Morgan fingerprint density at radius 1 is 1.10 bits per heavy atom. The highest BCUT2D eigenvalue weighted by Gasteiger charge is 2.17. The second kappa shape index (κ2) is 9.35. The molecule has 0 amide bonds. The van der Waals surface area contributed by atoms with Crippen molar-refractivity contribution in [1.29, 1.82) is 0 Å². The second-order valence-electron chi connectivity index (χ2n) is 8.19. The molecule has 2 N–H and O–H groups in total. The van der Waals surface area contributed by atoms with Crippen molar-refractivity contribution in [3.05, 3.63) is 54.2 Å². The minimum absolute atomic E-state index is 0.107. The molecule has 0 saturated heterocycles. The molecule has 0 radical (unpaired) electrons. The van der Waals surface area contributed by atoms with Gasteiger partial charge in [-0.25, -0.2) is 0 Å². The maximum absolute atomic E-state index is 11.0. The Morgan fingerprint density at radius 3 is 2.70 bits per heavy atom. The van der Waals surface area contributed by atoms with Gasteiger partial charge in [0.05, 0.1) is 13.2 Å². The second-order valence-corrected chi connectivity index (χ2v) is 8.19. The summed E-state index contributed by atoms with van der Waals surface area (Å²) in [7, 11) is 0. The predicted molar refractivity (Wildman–Crippen MR) is 118 cm³/mol. The van der Waals surface area contributed by atoms with Crippen molar-refractivity contribution >= 4 is 16.9 Å². The first kappa shape index (κ1) is 20.5. The highest BCUT2D eigenvalue weighted by Crippen LogP contribution is 2.35. The van der Waals surface area contributed by atoms with E-state index >= 15 is 0 Å². The van der Waals surface area contributed by atoms with Gasteiger partial charge in [-0.2, -0.15) is 0 Å². The number of aryl methyl sites for hydroxylation is 1. The molecule has 5 heteroatoms. The van der Waals surface area contributed by atoms with Crippen LogP contribution >= 0.6 is 0 Å². The van der Waals surface area contributed by atoms with E-state index in [2.05, 4.69) is 30.3 Å². The zero-order valence-electron chi connectivity index (χ0n) is 17.2. The van der Waals surface area contributed by atoms with Gasteiger partial charge < -0.3 is 19.5 Å². The number of carboxylic acids is 1. The Kier molecular flexibility index (Phi) is 6.38. The summed E-state index contributed by atoms with van der Waals surface area (Å²) in [6, 6.07) is 14.4. The summed E-state index contributed by atoms with van der Waals surface area (Å²) in [5, 5.41) is 19.4. The molecular formula is C25H29NO4. The lowest BCUT2D eigenvalue weighted by atomic mass is 9.98. The maximum Gasteiger partial charge on any atom is 0.303 e. The fraction of sp³-hybridized carbons (Fsp3) is 0.400. The quantitative estimate of drug-likeness (QED) is 0.530. The van der Waals surface area contributed by atoms with Crippen LogP contribution < -0.4 is 4.74 Å². The molecule has 1 fully saturated rings. The van der Waals surface area contributed by atoms with Crippen LogP contribution in [0.3, 0.4) is 0 Å². The number of carbonyl (C=O) groups is 1. The zero-order valence-corrected chi connectivity index (χ0v) is 17.2. The number of aliphatic hydroxyl groups excluding tert-OH is 1. The number of aliphatic hydroxyl groups is 1. The van der Waals surface area contributed by atoms with Crippen LogP contribution in [0.25, 0.3) is 22.0 Å². The fourth-order valence-corrected chi connectivity index (χ4v) is 4.39. The van der Waals surface area contributed by atoms with Crippen LogP contribution in [0.4, 0.5) is 0 Å². The third kappa shape index (κ3) is 4.68. The average Bonchev–Trinajstić information content (AvgIpc) is 3.41. The van der Waals surface area contributed by atoms with Gasteiger partial charge in [0, 0.05) is 35.6 Å². The van der Waals surface area contributed by atoms with Crippen molar-refractivity contribution in [3.8, 4) is 16.9 Å². The molecule has 1 aliphatic rings. The van der Waals surface area contributed by atoms with Gasteiger partial charge in [-0.15, -0.1) is 0 Å². The van der Waals surface area contributed by atoms with E-state index in [1.807, 2.05) is 22.9 Å². The van der Waals surface area contributed by atoms with Crippen LogP contribution in [0.2, 0.25) is 0 Å². The van der Waals surface area contributed by atoms with Crippen LogP contribution in [-0.2, 0) is 17.8 Å². The fourth-order valence-electron chi connectivity index (χ4n) is 4.39. The molecule has 1 aromatic heterocycles. The zero-order chi connectivity index (χ0) is 20.9. The highest BCUT2D eigenvalue weighted by atomic mass is 16.5. The molecule has 1 aliphatic carbocycles. The molecule has 0 spiro atoms. The van der Waals surface area contributed by atoms with E-state index in [0.717, 1.165) is 39.9 Å². The third-order valence-electron chi connectivity index (χ3n) is 6.04. The molecule has 158 valence electrons. The summed E-state index contributed by atoms with van der Waals surface area (Å²) in [6.07, 6.45) is 7.65. The molecule has 3 aromatic rings. The van der Waals surface area contributed by atoms with Crippen molar-refractivity contribution in [2.45, 2.75) is 45.1 Å². The predicted octanol–water partition coefficient (Wildman–Crippen LogP) is 4.89. The Morgan fingerprint density at radius 2 is 1.93 bits per heavy atom. The normalized spacial score (nSPS) is 14.4. The average molecular weight is 408 g/mol. The molecule has 0 bridgehead atoms. The highest BCUT2D eigenvalue weighted by molar-refractivity contribution is 5.87. The number of ether oxygens (including phenoxy) is 1. The molecule has 2 aromatic carbocycles. The molecule has 4 rings (SSSR count). The molecule has 1 heterocycles. The number of rotatable bonds is 9. The lowest BCUT2D eigenvalue weighted by molar-refractivity contribution is -0.136. The van der Waals surface area contributed by atoms with Crippen molar-refractivity contribution in [3.63, 3.8) is 0 Å². The van der Waals surface area contributed by atoms with Crippen molar-refractivity contribution in [2.75, 3.05) is 13.2 Å². The van der Waals surface area contributed by atoms with Crippen LogP contribution in [0.1, 0.15) is 37.7 Å². The lowest BCUT2D eigenvalue weighted by Crippen LogP contribution is -2.09. The summed E-state index contributed by atoms with van der Waals surface area (Å²) in [5.74, 6) is 0.694. The first-order valence-corrected chi connectivity index (χ1v) is 10.8. The number of carboxylic acid groups (broad SMARTS) is 1. The van der Waals surface area contributed by atoms with Crippen LogP contribution in [0.15, 0.2) is 48.7 Å². The van der Waals surface area contributed by atoms with Gasteiger partial charge in [-0.3, -0.25) is 4.79 Å². The number of benzene rings is 2. The van der Waals surface area contributed by atoms with E-state index in [4.69, 9.17) is 9.84 Å². The van der Waals surface area contributed by atoms with E-state index in [0.29, 0.717) is 18.9 Å². The van der Waals surface area contributed by atoms with E-state index < -0.39 is 5.97 Å². The molecule has 30 heavy (non-hydrogen) atoms. The first-order chi connectivity index (χ1) is 14.6. The number of hydrogen-bond donors (Lipinski definition) is 2. The van der Waals surface area contributed by atoms with E-state index in [9.17, 15) is 9.90 Å². The number of nitrogens with zero attached hydrogens (tertiary/aromatic N) is 1. The molecular weight excluding hydrogens is 378 g/mol.